The number of imide groups is 1. The molecule has 1 aliphatic heterocycles. The summed E-state index contributed by atoms with van der Waals surface area (Å²) in [6.07, 6.45) is 0.180. The maximum Gasteiger partial charge on any atom is 0.385 e. The van der Waals surface area contributed by atoms with Crippen molar-refractivity contribution in [2.45, 2.75) is 12.6 Å². The highest BCUT2D eigenvalue weighted by Crippen LogP contribution is 2.27. The average molecular weight is 456 g/mol. The molecule has 1 atom stereocenters. The van der Waals surface area contributed by atoms with Gasteiger partial charge in [-0.15, -0.1) is 0 Å². The van der Waals surface area contributed by atoms with Gasteiger partial charge in [-0.3, -0.25) is 14.5 Å². The summed E-state index contributed by atoms with van der Waals surface area (Å²) in [5.41, 5.74) is 2.02. The summed E-state index contributed by atoms with van der Waals surface area (Å²) in [6, 6.07) is 25.0. The monoisotopic (exact) mass is 455 g/mol. The van der Waals surface area contributed by atoms with Gasteiger partial charge in [0.1, 0.15) is 0 Å². The third kappa shape index (κ3) is 5.20. The Morgan fingerprint density at radius 1 is 0.939 bits per heavy atom. The standard InChI is InChI=1S/C27H18ClNO4/c28-23-14-8-7-13-21(23)15-16-24(30)33-25-22(17-19-9-3-1-4-10-19)26(31)29(27(25)32)18-20-11-5-2-6-12-20/h1-14,17,25H,18H2/b22-17-. The summed E-state index contributed by atoms with van der Waals surface area (Å²) in [4.78, 5) is 39.8. The molecule has 1 aliphatic rings. The Bertz CT molecular complexity index is 1290. The second-order valence-electron chi connectivity index (χ2n) is 7.24. The molecule has 0 N–H and O–H groups in total. The van der Waals surface area contributed by atoms with Crippen molar-refractivity contribution < 1.29 is 19.1 Å². The first-order valence-corrected chi connectivity index (χ1v) is 10.5. The number of carbonyl (C=O) groups is 3. The largest absolute Gasteiger partial charge is 0.437 e. The van der Waals surface area contributed by atoms with E-state index in [1.54, 1.807) is 42.5 Å². The molecule has 1 fully saturated rings. The Kier molecular flexibility index (Phi) is 6.68. The zero-order valence-electron chi connectivity index (χ0n) is 17.4. The predicted molar refractivity (Wildman–Crippen MR) is 125 cm³/mol. The Labute approximate surface area is 196 Å². The van der Waals surface area contributed by atoms with Gasteiger partial charge in [0.15, 0.2) is 0 Å². The molecular formula is C27H18ClNO4. The van der Waals surface area contributed by atoms with Crippen LogP contribution in [-0.2, 0) is 25.7 Å². The van der Waals surface area contributed by atoms with Gasteiger partial charge in [0.25, 0.3) is 11.8 Å². The van der Waals surface area contributed by atoms with Gasteiger partial charge in [-0.05, 0) is 29.3 Å². The third-order valence-electron chi connectivity index (χ3n) is 4.97. The molecule has 0 spiro atoms. The van der Waals surface area contributed by atoms with Gasteiger partial charge in [-0.2, -0.15) is 0 Å². The zero-order chi connectivity index (χ0) is 23.2. The molecule has 6 heteroatoms. The fourth-order valence-electron chi connectivity index (χ4n) is 3.36. The van der Waals surface area contributed by atoms with Crippen LogP contribution in [0.1, 0.15) is 16.7 Å². The van der Waals surface area contributed by atoms with E-state index in [1.165, 1.54) is 0 Å². The lowest BCUT2D eigenvalue weighted by molar-refractivity contribution is -0.151. The fraction of sp³-hybridized carbons (Fsp3) is 0.0741. The first-order valence-electron chi connectivity index (χ1n) is 10.2. The van der Waals surface area contributed by atoms with Crippen molar-refractivity contribution >= 4 is 35.5 Å². The summed E-state index contributed by atoms with van der Waals surface area (Å²) in [7, 11) is 0. The maximum absolute atomic E-state index is 13.1. The van der Waals surface area contributed by atoms with E-state index in [9.17, 15) is 14.4 Å². The Hall–Kier alpha value is -4.14. The Morgan fingerprint density at radius 2 is 1.58 bits per heavy atom. The van der Waals surface area contributed by atoms with Crippen molar-refractivity contribution in [3.63, 3.8) is 0 Å². The van der Waals surface area contributed by atoms with Crippen molar-refractivity contribution in [2.24, 2.45) is 0 Å². The van der Waals surface area contributed by atoms with E-state index in [-0.39, 0.29) is 12.1 Å². The predicted octanol–water partition coefficient (Wildman–Crippen LogP) is 4.26. The van der Waals surface area contributed by atoms with E-state index in [2.05, 4.69) is 11.8 Å². The normalized spacial score (nSPS) is 16.5. The molecule has 0 bridgehead atoms. The molecule has 0 saturated carbocycles. The first-order chi connectivity index (χ1) is 16.0. The quantitative estimate of drug-likeness (QED) is 0.255. The number of amides is 2. The van der Waals surface area contributed by atoms with Crippen molar-refractivity contribution in [1.82, 2.24) is 4.90 Å². The molecular weight excluding hydrogens is 438 g/mol. The van der Waals surface area contributed by atoms with E-state index < -0.39 is 23.9 Å². The van der Waals surface area contributed by atoms with Crippen LogP contribution in [0.4, 0.5) is 0 Å². The van der Waals surface area contributed by atoms with Crippen LogP contribution in [0.15, 0.2) is 90.5 Å². The number of hydrogen-bond donors (Lipinski definition) is 0. The van der Waals surface area contributed by atoms with Crippen LogP contribution in [0.2, 0.25) is 5.02 Å². The lowest BCUT2D eigenvalue weighted by atomic mass is 10.1. The summed E-state index contributed by atoms with van der Waals surface area (Å²) in [5.74, 6) is 2.94. The van der Waals surface area contributed by atoms with Crippen molar-refractivity contribution in [2.75, 3.05) is 0 Å². The van der Waals surface area contributed by atoms with Crippen LogP contribution >= 0.6 is 11.6 Å². The number of benzene rings is 3. The summed E-state index contributed by atoms with van der Waals surface area (Å²) in [5, 5.41) is 0.392. The zero-order valence-corrected chi connectivity index (χ0v) is 18.2. The smallest absolute Gasteiger partial charge is 0.385 e. The van der Waals surface area contributed by atoms with Crippen LogP contribution in [0.3, 0.4) is 0 Å². The van der Waals surface area contributed by atoms with E-state index in [0.717, 1.165) is 10.5 Å². The molecule has 5 nitrogen and oxygen atoms in total. The number of esters is 1. The molecule has 162 valence electrons. The molecule has 1 heterocycles. The van der Waals surface area contributed by atoms with E-state index in [4.69, 9.17) is 16.3 Å². The van der Waals surface area contributed by atoms with Crippen LogP contribution in [0, 0.1) is 11.8 Å². The van der Waals surface area contributed by atoms with Crippen molar-refractivity contribution in [1.29, 1.82) is 0 Å². The topological polar surface area (TPSA) is 63.7 Å². The van der Waals surface area contributed by atoms with Crippen LogP contribution in [0.5, 0.6) is 0 Å². The highest BCUT2D eigenvalue weighted by Gasteiger charge is 2.45. The van der Waals surface area contributed by atoms with Gasteiger partial charge < -0.3 is 4.74 Å². The van der Waals surface area contributed by atoms with E-state index in [0.29, 0.717) is 16.1 Å². The fourth-order valence-corrected chi connectivity index (χ4v) is 3.54. The highest BCUT2D eigenvalue weighted by molar-refractivity contribution is 6.31. The minimum Gasteiger partial charge on any atom is -0.437 e. The average Bonchev–Trinajstić information content (AvgIpc) is 3.04. The molecule has 0 aliphatic carbocycles. The summed E-state index contributed by atoms with van der Waals surface area (Å²) >= 11 is 6.06. The highest BCUT2D eigenvalue weighted by atomic mass is 35.5. The van der Waals surface area contributed by atoms with Gasteiger partial charge in [-0.1, -0.05) is 90.3 Å². The molecule has 0 aromatic heterocycles. The Balaban J connectivity index is 1.62. The third-order valence-corrected chi connectivity index (χ3v) is 5.30. The van der Waals surface area contributed by atoms with Crippen molar-refractivity contribution in [3.8, 4) is 11.8 Å². The molecule has 0 radical (unpaired) electrons. The van der Waals surface area contributed by atoms with Gasteiger partial charge in [0, 0.05) is 11.5 Å². The summed E-state index contributed by atoms with van der Waals surface area (Å²) in [6.45, 7) is 0.0734. The van der Waals surface area contributed by atoms with Crippen LogP contribution < -0.4 is 0 Å². The second-order valence-corrected chi connectivity index (χ2v) is 7.65. The van der Waals surface area contributed by atoms with E-state index >= 15 is 0 Å². The number of likely N-dealkylation sites (tertiary alicyclic amines) is 1. The number of hydrogen-bond acceptors (Lipinski definition) is 4. The van der Waals surface area contributed by atoms with E-state index in [1.807, 2.05) is 48.5 Å². The minimum absolute atomic E-state index is 0.0734. The number of carbonyl (C=O) groups excluding carboxylic acids is 3. The molecule has 1 saturated heterocycles. The summed E-state index contributed by atoms with van der Waals surface area (Å²) < 4.78 is 5.37. The maximum atomic E-state index is 13.1. The van der Waals surface area contributed by atoms with Gasteiger partial charge in [-0.25, -0.2) is 4.79 Å². The van der Waals surface area contributed by atoms with Crippen LogP contribution in [-0.4, -0.2) is 28.8 Å². The number of ether oxygens (including phenoxy) is 1. The van der Waals surface area contributed by atoms with Crippen molar-refractivity contribution in [3.05, 3.63) is 112 Å². The minimum atomic E-state index is -1.38. The molecule has 1 unspecified atom stereocenters. The lowest BCUT2D eigenvalue weighted by Crippen LogP contribution is -2.33. The molecule has 33 heavy (non-hydrogen) atoms. The molecule has 2 amide bonds. The number of halogens is 1. The van der Waals surface area contributed by atoms with Gasteiger partial charge in [0.2, 0.25) is 6.10 Å². The lowest BCUT2D eigenvalue weighted by Gasteiger charge is -2.13. The number of nitrogens with zero attached hydrogens (tertiary/aromatic N) is 1. The molecule has 3 aromatic rings. The second kappa shape index (κ2) is 9.99. The van der Waals surface area contributed by atoms with Crippen LogP contribution in [0.25, 0.3) is 6.08 Å². The Morgan fingerprint density at radius 3 is 2.27 bits per heavy atom. The SMILES string of the molecule is O=C(C#Cc1ccccc1Cl)OC1C(=O)N(Cc2ccccc2)C(=O)/C1=C\c1ccccc1. The molecule has 3 aromatic carbocycles. The molecule has 4 rings (SSSR count). The first kappa shape index (κ1) is 22.1. The van der Waals surface area contributed by atoms with Gasteiger partial charge in [0.05, 0.1) is 17.1 Å². The van der Waals surface area contributed by atoms with Gasteiger partial charge >= 0.3 is 5.97 Å². The number of rotatable bonds is 4.